The minimum atomic E-state index is -2.94. The van der Waals surface area contributed by atoms with Crippen LogP contribution in [0.3, 0.4) is 0 Å². The highest BCUT2D eigenvalue weighted by Crippen LogP contribution is 2.36. The van der Waals surface area contributed by atoms with Gasteiger partial charge in [0.1, 0.15) is 0 Å². The highest BCUT2D eigenvalue weighted by molar-refractivity contribution is 7.99. The van der Waals surface area contributed by atoms with Gasteiger partial charge in [-0.05, 0) is 30.1 Å². The van der Waals surface area contributed by atoms with Gasteiger partial charge in [-0.2, -0.15) is 20.5 Å². The van der Waals surface area contributed by atoms with Crippen molar-refractivity contribution in [3.63, 3.8) is 0 Å². The van der Waals surface area contributed by atoms with Gasteiger partial charge in [-0.25, -0.2) is 0 Å². The van der Waals surface area contributed by atoms with E-state index in [0.29, 0.717) is 5.69 Å². The highest BCUT2D eigenvalue weighted by Gasteiger charge is 2.14. The van der Waals surface area contributed by atoms with Crippen molar-refractivity contribution in [2.75, 3.05) is 23.4 Å². The molecule has 0 atom stereocenters. The fraction of sp³-hybridized carbons (Fsp3) is 0.500. The van der Waals surface area contributed by atoms with Gasteiger partial charge < -0.3 is 10.1 Å². The lowest BCUT2D eigenvalue weighted by atomic mass is 10.3. The zero-order valence-electron chi connectivity index (χ0n) is 10.4. The number of alkyl halides is 2. The third-order valence-corrected chi connectivity index (χ3v) is 3.75. The molecule has 0 bridgehead atoms. The van der Waals surface area contributed by atoms with Crippen LogP contribution in [0.4, 0.5) is 14.5 Å². The van der Waals surface area contributed by atoms with Crippen molar-refractivity contribution in [3.8, 4) is 5.75 Å². The number of anilines is 1. The maximum absolute atomic E-state index is 12.1. The molecule has 0 aliphatic rings. The molecule has 1 rings (SSSR count). The normalized spacial score (nSPS) is 10.8. The Labute approximate surface area is 125 Å². The number of ether oxygens (including phenoxy) is 1. The maximum Gasteiger partial charge on any atom is 0.387 e. The summed E-state index contributed by atoms with van der Waals surface area (Å²) in [5.74, 6) is 1.97. The minimum Gasteiger partial charge on any atom is -0.432 e. The first-order chi connectivity index (χ1) is 9.04. The third-order valence-electron chi connectivity index (χ3n) is 2.20. The second kappa shape index (κ2) is 8.72. The molecule has 1 aromatic carbocycles. The zero-order chi connectivity index (χ0) is 14.3. The number of benzene rings is 1. The van der Waals surface area contributed by atoms with Crippen LogP contribution >= 0.6 is 35.0 Å². The summed E-state index contributed by atoms with van der Waals surface area (Å²) >= 11 is 13.6. The summed E-state index contributed by atoms with van der Waals surface area (Å²) in [7, 11) is 0. The summed E-state index contributed by atoms with van der Waals surface area (Å²) in [5.41, 5.74) is 0.693. The van der Waals surface area contributed by atoms with Gasteiger partial charge in [-0.15, -0.1) is 0 Å². The SMILES string of the molecule is CCSCCCNc1cc(Cl)c(OC(F)F)c(Cl)c1. The molecule has 0 aromatic heterocycles. The molecule has 0 saturated carbocycles. The van der Waals surface area contributed by atoms with Crippen molar-refractivity contribution in [2.45, 2.75) is 20.0 Å². The predicted octanol–water partition coefficient (Wildman–Crippen LogP) is 5.15. The number of hydrogen-bond donors (Lipinski definition) is 1. The first kappa shape index (κ1) is 16.7. The molecule has 0 heterocycles. The average Bonchev–Trinajstić information content (AvgIpc) is 2.33. The highest BCUT2D eigenvalue weighted by atomic mass is 35.5. The van der Waals surface area contributed by atoms with E-state index >= 15 is 0 Å². The lowest BCUT2D eigenvalue weighted by Crippen LogP contribution is -2.05. The van der Waals surface area contributed by atoms with Gasteiger partial charge in [0.05, 0.1) is 10.0 Å². The summed E-state index contributed by atoms with van der Waals surface area (Å²) < 4.78 is 28.5. The Morgan fingerprint density at radius 3 is 2.47 bits per heavy atom. The molecule has 0 aliphatic heterocycles. The molecule has 0 radical (unpaired) electrons. The lowest BCUT2D eigenvalue weighted by molar-refractivity contribution is -0.0497. The second-order valence-corrected chi connectivity index (χ2v) is 5.83. The van der Waals surface area contributed by atoms with E-state index in [-0.39, 0.29) is 15.8 Å². The van der Waals surface area contributed by atoms with Gasteiger partial charge in [-0.1, -0.05) is 30.1 Å². The van der Waals surface area contributed by atoms with Gasteiger partial charge in [-0.3, -0.25) is 0 Å². The Kier molecular flexibility index (Phi) is 7.64. The van der Waals surface area contributed by atoms with Gasteiger partial charge in [0, 0.05) is 12.2 Å². The number of hydrogen-bond acceptors (Lipinski definition) is 3. The number of nitrogens with one attached hydrogen (secondary N) is 1. The third kappa shape index (κ3) is 6.06. The summed E-state index contributed by atoms with van der Waals surface area (Å²) in [6, 6.07) is 3.05. The number of rotatable bonds is 8. The van der Waals surface area contributed by atoms with E-state index in [4.69, 9.17) is 23.2 Å². The molecule has 1 aromatic rings. The van der Waals surface area contributed by atoms with Crippen LogP contribution in [-0.4, -0.2) is 24.7 Å². The van der Waals surface area contributed by atoms with Crippen molar-refractivity contribution in [1.29, 1.82) is 0 Å². The van der Waals surface area contributed by atoms with Crippen LogP contribution in [0.2, 0.25) is 10.0 Å². The van der Waals surface area contributed by atoms with Gasteiger partial charge in [0.15, 0.2) is 5.75 Å². The van der Waals surface area contributed by atoms with Crippen molar-refractivity contribution in [1.82, 2.24) is 0 Å². The smallest absolute Gasteiger partial charge is 0.387 e. The number of thioether (sulfide) groups is 1. The minimum absolute atomic E-state index is 0.0678. The van der Waals surface area contributed by atoms with E-state index in [2.05, 4.69) is 17.0 Å². The first-order valence-corrected chi connectivity index (χ1v) is 7.71. The Morgan fingerprint density at radius 1 is 1.32 bits per heavy atom. The Balaban J connectivity index is 2.57. The van der Waals surface area contributed by atoms with Crippen LogP contribution in [0.15, 0.2) is 12.1 Å². The van der Waals surface area contributed by atoms with E-state index in [1.807, 2.05) is 11.8 Å². The van der Waals surface area contributed by atoms with Crippen LogP contribution in [0.25, 0.3) is 0 Å². The molecule has 19 heavy (non-hydrogen) atoms. The fourth-order valence-corrected chi connectivity index (χ4v) is 2.63. The largest absolute Gasteiger partial charge is 0.432 e. The molecule has 0 spiro atoms. The maximum atomic E-state index is 12.1. The lowest BCUT2D eigenvalue weighted by Gasteiger charge is -2.12. The molecule has 7 heteroatoms. The molecule has 108 valence electrons. The van der Waals surface area contributed by atoms with Crippen LogP contribution in [0.5, 0.6) is 5.75 Å². The fourth-order valence-electron chi connectivity index (χ4n) is 1.41. The van der Waals surface area contributed by atoms with Crippen molar-refractivity contribution in [2.24, 2.45) is 0 Å². The molecule has 0 saturated heterocycles. The summed E-state index contributed by atoms with van der Waals surface area (Å²) in [6.45, 7) is -0.0615. The quantitative estimate of drug-likeness (QED) is 0.666. The molecule has 2 nitrogen and oxygen atoms in total. The summed E-state index contributed by atoms with van der Waals surface area (Å²) in [4.78, 5) is 0. The van der Waals surface area contributed by atoms with Crippen molar-refractivity contribution < 1.29 is 13.5 Å². The Morgan fingerprint density at radius 2 is 1.95 bits per heavy atom. The van der Waals surface area contributed by atoms with Crippen LogP contribution in [0, 0.1) is 0 Å². The predicted molar refractivity (Wildman–Crippen MR) is 79.2 cm³/mol. The van der Waals surface area contributed by atoms with Gasteiger partial charge in [0.2, 0.25) is 0 Å². The van der Waals surface area contributed by atoms with Crippen LogP contribution in [-0.2, 0) is 0 Å². The first-order valence-electron chi connectivity index (χ1n) is 5.80. The summed E-state index contributed by atoms with van der Waals surface area (Å²) in [6.07, 6.45) is 1.00. The van der Waals surface area contributed by atoms with Crippen LogP contribution in [0.1, 0.15) is 13.3 Å². The standard InChI is InChI=1S/C12H15Cl2F2NOS/c1-2-19-5-3-4-17-8-6-9(13)11(10(14)7-8)18-12(15)16/h6-7,12,17H,2-5H2,1H3. The van der Waals surface area contributed by atoms with Crippen molar-refractivity contribution >= 4 is 40.7 Å². The number of halogens is 4. The van der Waals surface area contributed by atoms with Gasteiger partial charge >= 0.3 is 6.61 Å². The van der Waals surface area contributed by atoms with Crippen molar-refractivity contribution in [3.05, 3.63) is 22.2 Å². The molecule has 0 fully saturated rings. The van der Waals surface area contributed by atoms with E-state index < -0.39 is 6.61 Å². The topological polar surface area (TPSA) is 21.3 Å². The second-order valence-electron chi connectivity index (χ2n) is 3.62. The average molecular weight is 330 g/mol. The van der Waals surface area contributed by atoms with E-state index in [9.17, 15) is 8.78 Å². The molecule has 0 unspecified atom stereocenters. The van der Waals surface area contributed by atoms with E-state index in [0.717, 1.165) is 24.5 Å². The van der Waals surface area contributed by atoms with Crippen LogP contribution < -0.4 is 10.1 Å². The molecular weight excluding hydrogens is 315 g/mol. The Bertz CT molecular complexity index is 384. The van der Waals surface area contributed by atoms with Gasteiger partial charge in [0.25, 0.3) is 0 Å². The summed E-state index contributed by atoms with van der Waals surface area (Å²) in [5, 5.41) is 3.28. The molecular formula is C12H15Cl2F2NOS. The molecule has 1 N–H and O–H groups in total. The Hall–Kier alpha value is -0.390. The van der Waals surface area contributed by atoms with E-state index in [1.54, 1.807) is 0 Å². The molecule has 0 aliphatic carbocycles. The van der Waals surface area contributed by atoms with E-state index in [1.165, 1.54) is 12.1 Å². The molecule has 0 amide bonds. The monoisotopic (exact) mass is 329 g/mol. The zero-order valence-corrected chi connectivity index (χ0v) is 12.7.